The van der Waals surface area contributed by atoms with Gasteiger partial charge in [-0.2, -0.15) is 0 Å². The summed E-state index contributed by atoms with van der Waals surface area (Å²) in [6.07, 6.45) is 0.276. The van der Waals surface area contributed by atoms with E-state index in [0.717, 1.165) is 15.9 Å². The minimum atomic E-state index is -3.62. The van der Waals surface area contributed by atoms with Gasteiger partial charge in [-0.25, -0.2) is 0 Å². The first kappa shape index (κ1) is 31.9. The van der Waals surface area contributed by atoms with E-state index in [9.17, 15) is 18.6 Å². The Labute approximate surface area is 277 Å². The average molecular weight is 720 g/mol. The summed E-state index contributed by atoms with van der Waals surface area (Å²) in [6.45, 7) is -0.318. The van der Waals surface area contributed by atoms with Gasteiger partial charge in [-0.3, -0.25) is 0 Å². The molecule has 2 heterocycles. The molecule has 1 saturated heterocycles. The Morgan fingerprint density at radius 3 is 1.80 bits per heavy atom. The molecule has 236 valence electrons. The standard InChI is InChI=1S/C35H32BrN2O6PS/c1-43-35(41)32-25(24-46(42)34-31(33(40)38(32)34)37-30(39)22-44-26-14-6-2-7-15-26)23-45(36,27-16-8-3-9-17-27,28-18-10-4-11-19-28)29-20-12-5-13-21-29/h2-21,31,34H,22-24H2,1H3,(H,37,39)/t31-,34-,46+/m1/s1. The molecule has 0 aliphatic carbocycles. The molecule has 3 atom stereocenters. The second-order valence-corrected chi connectivity index (χ2v) is 21.5. The van der Waals surface area contributed by atoms with Gasteiger partial charge < -0.3 is 0 Å². The van der Waals surface area contributed by atoms with Crippen LogP contribution < -0.4 is 26.0 Å². The molecule has 4 aromatic rings. The van der Waals surface area contributed by atoms with Gasteiger partial charge >= 0.3 is 261 Å². The van der Waals surface area contributed by atoms with Crippen LogP contribution in [0.15, 0.2) is 133 Å². The van der Waals surface area contributed by atoms with Crippen molar-refractivity contribution in [3.8, 4) is 5.75 Å². The summed E-state index contributed by atoms with van der Waals surface area (Å²) < 4.78 is 24.7. The zero-order valence-electron chi connectivity index (χ0n) is 25.0. The molecule has 2 aliphatic heterocycles. The van der Waals surface area contributed by atoms with Crippen LogP contribution in [-0.4, -0.2) is 63.9 Å². The van der Waals surface area contributed by atoms with E-state index in [4.69, 9.17) is 9.47 Å². The van der Waals surface area contributed by atoms with Crippen molar-refractivity contribution in [2.45, 2.75) is 11.4 Å². The predicted octanol–water partition coefficient (Wildman–Crippen LogP) is 3.75. The number of fused-ring (bicyclic) bond motifs is 1. The number of nitrogens with one attached hydrogen (secondary N) is 1. The topological polar surface area (TPSA) is 102 Å². The van der Waals surface area contributed by atoms with Crippen molar-refractivity contribution in [3.63, 3.8) is 0 Å². The SMILES string of the molecule is COC(=O)C1=C(CP(Br)(c2ccccc2)(c2ccccc2)c2ccccc2)C[S@](=O)[C@@H]2[C@H](NC(=O)COc3ccccc3)C(=O)N12. The van der Waals surface area contributed by atoms with Crippen molar-refractivity contribution < 1.29 is 28.1 Å². The Morgan fingerprint density at radius 2 is 1.33 bits per heavy atom. The quantitative estimate of drug-likeness (QED) is 0.152. The molecule has 4 aromatic carbocycles. The fourth-order valence-corrected chi connectivity index (χ4v) is 15.9. The molecular formula is C35H32BrN2O6PS. The number of benzene rings is 4. The van der Waals surface area contributed by atoms with Gasteiger partial charge in [0, 0.05) is 0 Å². The van der Waals surface area contributed by atoms with Crippen LogP contribution in [0.5, 0.6) is 5.75 Å². The number of esters is 1. The molecule has 0 bridgehead atoms. The molecule has 11 heteroatoms. The molecule has 0 radical (unpaired) electrons. The van der Waals surface area contributed by atoms with Gasteiger partial charge in [-0.1, -0.05) is 18.2 Å². The molecule has 2 amide bonds. The van der Waals surface area contributed by atoms with Gasteiger partial charge in [0.1, 0.15) is 0 Å². The number of β-lactam (4-membered cyclic amide) rings is 1. The number of carbonyl (C=O) groups excluding carboxylic acids is 3. The number of amides is 2. The number of hydrogen-bond acceptors (Lipinski definition) is 6. The second-order valence-electron chi connectivity index (χ2n) is 11.1. The molecule has 6 rings (SSSR count). The van der Waals surface area contributed by atoms with E-state index in [0.29, 0.717) is 11.3 Å². The zero-order valence-corrected chi connectivity index (χ0v) is 28.3. The summed E-state index contributed by atoms with van der Waals surface area (Å²) in [5, 5.41) is 1.16. The Morgan fingerprint density at radius 1 is 0.848 bits per heavy atom. The molecule has 0 unspecified atom stereocenters. The molecule has 0 aromatic heterocycles. The van der Waals surface area contributed by atoms with Crippen LogP contribution in [-0.2, 0) is 29.9 Å². The van der Waals surface area contributed by atoms with Crippen LogP contribution in [0.2, 0.25) is 0 Å². The van der Waals surface area contributed by atoms with Crippen LogP contribution in [0, 0.1) is 0 Å². The first-order chi connectivity index (χ1) is 22.3. The molecule has 1 fully saturated rings. The van der Waals surface area contributed by atoms with E-state index in [-0.39, 0.29) is 24.2 Å². The van der Waals surface area contributed by atoms with Crippen LogP contribution in [0.3, 0.4) is 0 Å². The third kappa shape index (κ3) is 5.48. The Hall–Kier alpha value is -4.11. The van der Waals surface area contributed by atoms with E-state index < -0.39 is 45.3 Å². The first-order valence-corrected chi connectivity index (χ1v) is 20.5. The number of carbonyl (C=O) groups is 3. The van der Waals surface area contributed by atoms with Crippen molar-refractivity contribution in [2.24, 2.45) is 0 Å². The van der Waals surface area contributed by atoms with Gasteiger partial charge in [0.25, 0.3) is 0 Å². The number of nitrogens with zero attached hydrogens (tertiary/aromatic N) is 1. The molecule has 8 nitrogen and oxygen atoms in total. The van der Waals surface area contributed by atoms with Crippen LogP contribution >= 0.6 is 20.8 Å². The number of methoxy groups -OCH3 is 1. The zero-order chi connectivity index (χ0) is 32.3. The van der Waals surface area contributed by atoms with E-state index in [1.54, 1.807) is 24.3 Å². The maximum atomic E-state index is 14.0. The molecule has 46 heavy (non-hydrogen) atoms. The summed E-state index contributed by atoms with van der Waals surface area (Å²) >= 11 is 4.39. The van der Waals surface area contributed by atoms with Crippen LogP contribution in [0.1, 0.15) is 0 Å². The summed E-state index contributed by atoms with van der Waals surface area (Å²) in [6, 6.07) is 37.8. The van der Waals surface area contributed by atoms with E-state index in [2.05, 4.69) is 57.2 Å². The Balaban J connectivity index is 1.42. The molecule has 1 N–H and O–H groups in total. The molecule has 2 aliphatic rings. The van der Waals surface area contributed by atoms with Crippen molar-refractivity contribution >= 4 is 65.3 Å². The van der Waals surface area contributed by atoms with Gasteiger partial charge in [-0.15, -0.1) is 0 Å². The fourth-order valence-electron chi connectivity index (χ4n) is 6.24. The number of hydrogen-bond donors (Lipinski definition) is 1. The Bertz CT molecular complexity index is 1730. The predicted molar refractivity (Wildman–Crippen MR) is 185 cm³/mol. The normalized spacial score (nSPS) is 20.0. The molecule has 0 saturated carbocycles. The Kier molecular flexibility index (Phi) is 8.97. The third-order valence-corrected chi connectivity index (χ3v) is 19.6. The van der Waals surface area contributed by atoms with E-state index in [1.165, 1.54) is 12.0 Å². The minimum absolute atomic E-state index is 0.0156. The van der Waals surface area contributed by atoms with Crippen molar-refractivity contribution in [2.75, 3.05) is 25.6 Å². The fraction of sp³-hybridized carbons (Fsp3) is 0.171. The molecule has 0 spiro atoms. The van der Waals surface area contributed by atoms with Crippen LogP contribution in [0.25, 0.3) is 0 Å². The average Bonchev–Trinajstić information content (AvgIpc) is 3.11. The summed E-state index contributed by atoms with van der Waals surface area (Å²) in [5.41, 5.74) is 0.609. The van der Waals surface area contributed by atoms with Gasteiger partial charge in [-0.05, 0) is 0 Å². The van der Waals surface area contributed by atoms with E-state index in [1.807, 2.05) is 60.7 Å². The monoisotopic (exact) mass is 718 g/mol. The number of rotatable bonds is 10. The third-order valence-electron chi connectivity index (χ3n) is 8.38. The number of halogens is 1. The van der Waals surface area contributed by atoms with Gasteiger partial charge in [0.05, 0.1) is 0 Å². The maximum absolute atomic E-state index is 14.0. The summed E-state index contributed by atoms with van der Waals surface area (Å²) in [5.74, 6) is -1.24. The first-order valence-electron chi connectivity index (χ1n) is 14.6. The number of para-hydroxylation sites is 1. The summed E-state index contributed by atoms with van der Waals surface area (Å²) in [7, 11) is -0.381. The molecular weight excluding hydrogens is 687 g/mol. The summed E-state index contributed by atoms with van der Waals surface area (Å²) in [4.78, 5) is 41.2. The van der Waals surface area contributed by atoms with Crippen molar-refractivity contribution in [3.05, 3.63) is 133 Å². The van der Waals surface area contributed by atoms with E-state index >= 15 is 0 Å². The van der Waals surface area contributed by atoms with Gasteiger partial charge in [0.2, 0.25) is 0 Å². The van der Waals surface area contributed by atoms with Gasteiger partial charge in [0.15, 0.2) is 0 Å². The second kappa shape index (κ2) is 12.9. The number of ether oxygens (including phenoxy) is 2. The van der Waals surface area contributed by atoms with Crippen molar-refractivity contribution in [1.29, 1.82) is 0 Å². The van der Waals surface area contributed by atoms with Crippen molar-refractivity contribution in [1.82, 2.24) is 10.2 Å². The van der Waals surface area contributed by atoms with Crippen LogP contribution in [0.4, 0.5) is 0 Å².